The highest BCUT2D eigenvalue weighted by Gasteiger charge is 2.29. The number of pyridine rings is 1. The Morgan fingerprint density at radius 3 is 2.72 bits per heavy atom. The van der Waals surface area contributed by atoms with Crippen LogP contribution in [0.5, 0.6) is 5.75 Å². The van der Waals surface area contributed by atoms with E-state index in [-0.39, 0.29) is 17.7 Å². The molecular weight excluding hydrogens is 328 g/mol. The van der Waals surface area contributed by atoms with E-state index in [4.69, 9.17) is 0 Å². The summed E-state index contributed by atoms with van der Waals surface area (Å²) < 4.78 is 28.8. The number of carbonyl (C=O) groups excluding carboxylic acids is 1. The summed E-state index contributed by atoms with van der Waals surface area (Å²) in [6.07, 6.45) is 3.29. The molecule has 0 bridgehead atoms. The Balaban J connectivity index is 1.71. The number of carbonyl (C=O) groups is 1. The minimum absolute atomic E-state index is 0.0387. The molecule has 5 nitrogen and oxygen atoms in total. The number of ether oxygens (including phenoxy) is 1. The van der Waals surface area contributed by atoms with Gasteiger partial charge in [0.25, 0.3) is 0 Å². The van der Waals surface area contributed by atoms with Gasteiger partial charge in [0.2, 0.25) is 5.91 Å². The van der Waals surface area contributed by atoms with E-state index >= 15 is 0 Å². The smallest absolute Gasteiger partial charge is 0.387 e. The number of piperidine rings is 1. The lowest BCUT2D eigenvalue weighted by atomic mass is 10.0. The first-order valence-corrected chi connectivity index (χ1v) is 8.08. The van der Waals surface area contributed by atoms with Crippen LogP contribution in [-0.2, 0) is 4.79 Å². The van der Waals surface area contributed by atoms with E-state index < -0.39 is 6.61 Å². The number of benzene rings is 1. The average molecular weight is 347 g/mol. The topological polar surface area (TPSA) is 54.5 Å². The van der Waals surface area contributed by atoms with Gasteiger partial charge in [-0.1, -0.05) is 0 Å². The molecule has 1 atom stereocenters. The zero-order chi connectivity index (χ0) is 17.8. The van der Waals surface area contributed by atoms with Crippen molar-refractivity contribution in [2.75, 3.05) is 16.8 Å². The quantitative estimate of drug-likeness (QED) is 0.898. The summed E-state index contributed by atoms with van der Waals surface area (Å²) in [6.45, 7) is -0.371. The van der Waals surface area contributed by atoms with Crippen LogP contribution in [0, 0.1) is 6.92 Å². The molecule has 3 rings (SSSR count). The third-order valence-corrected chi connectivity index (χ3v) is 4.05. The minimum Gasteiger partial charge on any atom is -0.435 e. The molecule has 1 aromatic heterocycles. The monoisotopic (exact) mass is 347 g/mol. The van der Waals surface area contributed by atoms with Gasteiger partial charge < -0.3 is 15.0 Å². The largest absolute Gasteiger partial charge is 0.435 e. The Morgan fingerprint density at radius 1 is 1.28 bits per heavy atom. The number of alkyl halides is 2. The van der Waals surface area contributed by atoms with Gasteiger partial charge >= 0.3 is 6.61 Å². The molecule has 2 aromatic rings. The lowest BCUT2D eigenvalue weighted by Crippen LogP contribution is -2.47. The third kappa shape index (κ3) is 4.23. The van der Waals surface area contributed by atoms with E-state index in [2.05, 4.69) is 15.0 Å². The van der Waals surface area contributed by atoms with Crippen molar-refractivity contribution < 1.29 is 18.3 Å². The molecule has 1 saturated heterocycles. The molecule has 1 aliphatic rings. The van der Waals surface area contributed by atoms with E-state index in [1.54, 1.807) is 23.2 Å². The molecule has 132 valence electrons. The van der Waals surface area contributed by atoms with Crippen molar-refractivity contribution in [2.24, 2.45) is 0 Å². The molecule has 0 radical (unpaired) electrons. The molecular formula is C18H19F2N3O2. The second-order valence-electron chi connectivity index (χ2n) is 5.89. The first-order valence-electron chi connectivity index (χ1n) is 8.08. The van der Waals surface area contributed by atoms with Crippen LogP contribution in [0.1, 0.15) is 18.5 Å². The summed E-state index contributed by atoms with van der Waals surface area (Å²) in [4.78, 5) is 18.6. The molecule has 25 heavy (non-hydrogen) atoms. The minimum atomic E-state index is -2.86. The second kappa shape index (κ2) is 7.46. The summed E-state index contributed by atoms with van der Waals surface area (Å²) in [7, 11) is 0. The molecule has 0 spiro atoms. The molecule has 0 aliphatic carbocycles. The molecule has 1 aliphatic heterocycles. The summed E-state index contributed by atoms with van der Waals surface area (Å²) in [6, 6.07) is 9.52. The van der Waals surface area contributed by atoms with Gasteiger partial charge in [-0.2, -0.15) is 8.78 Å². The highest BCUT2D eigenvalue weighted by atomic mass is 19.3. The maximum atomic E-state index is 12.8. The number of halogens is 2. The molecule has 1 fully saturated rings. The van der Waals surface area contributed by atoms with Gasteiger partial charge in [-0.3, -0.25) is 9.78 Å². The number of amides is 1. The average Bonchev–Trinajstić information content (AvgIpc) is 2.57. The van der Waals surface area contributed by atoms with Crippen LogP contribution in [0.4, 0.5) is 20.2 Å². The Kier molecular flexibility index (Phi) is 5.11. The fraction of sp³-hybridized carbons (Fsp3) is 0.333. The summed E-state index contributed by atoms with van der Waals surface area (Å²) in [5.74, 6) is 0.0355. The van der Waals surface area contributed by atoms with Crippen molar-refractivity contribution in [3.05, 3.63) is 48.3 Å². The fourth-order valence-electron chi connectivity index (χ4n) is 2.91. The van der Waals surface area contributed by atoms with Gasteiger partial charge in [-0.15, -0.1) is 0 Å². The number of aryl methyl sites for hydroxylation is 1. The lowest BCUT2D eigenvalue weighted by molar-refractivity contribution is -0.120. The van der Waals surface area contributed by atoms with Gasteiger partial charge in [0.1, 0.15) is 11.8 Å². The Hall–Kier alpha value is -2.70. The van der Waals surface area contributed by atoms with Crippen molar-refractivity contribution >= 4 is 17.3 Å². The van der Waals surface area contributed by atoms with Crippen molar-refractivity contribution in [3.63, 3.8) is 0 Å². The van der Waals surface area contributed by atoms with Crippen LogP contribution < -0.4 is 15.0 Å². The Labute approximate surface area is 144 Å². The van der Waals surface area contributed by atoms with E-state index in [0.717, 1.165) is 24.2 Å². The SMILES string of the molecule is Cc1cc(NC2CCCN(c3ccc(OC(F)F)cc3)C2=O)ccn1. The number of hydrogen-bond donors (Lipinski definition) is 1. The summed E-state index contributed by atoms with van der Waals surface area (Å²) in [5, 5.41) is 3.25. The van der Waals surface area contributed by atoms with Crippen LogP contribution >= 0.6 is 0 Å². The zero-order valence-electron chi connectivity index (χ0n) is 13.8. The first kappa shape index (κ1) is 17.1. The maximum Gasteiger partial charge on any atom is 0.387 e. The second-order valence-corrected chi connectivity index (χ2v) is 5.89. The highest BCUT2D eigenvalue weighted by molar-refractivity contribution is 5.99. The van der Waals surface area contributed by atoms with Crippen LogP contribution in [-0.4, -0.2) is 30.1 Å². The zero-order valence-corrected chi connectivity index (χ0v) is 13.8. The lowest BCUT2D eigenvalue weighted by Gasteiger charge is -2.33. The highest BCUT2D eigenvalue weighted by Crippen LogP contribution is 2.26. The fourth-order valence-corrected chi connectivity index (χ4v) is 2.91. The van der Waals surface area contributed by atoms with Crippen LogP contribution in [0.25, 0.3) is 0 Å². The van der Waals surface area contributed by atoms with Gasteiger partial charge in [-0.05, 0) is 56.2 Å². The Bertz CT molecular complexity index is 737. The summed E-state index contributed by atoms with van der Waals surface area (Å²) >= 11 is 0. The van der Waals surface area contributed by atoms with Crippen molar-refractivity contribution in [2.45, 2.75) is 32.4 Å². The molecule has 2 heterocycles. The van der Waals surface area contributed by atoms with E-state index in [0.29, 0.717) is 12.2 Å². The summed E-state index contributed by atoms with van der Waals surface area (Å²) in [5.41, 5.74) is 2.40. The standard InChI is InChI=1S/C18H19F2N3O2/c1-12-11-13(8-9-21-12)22-16-3-2-10-23(17(16)24)14-4-6-15(7-5-14)25-18(19)20/h4-9,11,16,18H,2-3,10H2,1H3,(H,21,22). The molecule has 0 saturated carbocycles. The molecule has 7 heteroatoms. The van der Waals surface area contributed by atoms with Crippen LogP contribution in [0.2, 0.25) is 0 Å². The molecule has 1 N–H and O–H groups in total. The van der Waals surface area contributed by atoms with Gasteiger partial charge in [0.05, 0.1) is 0 Å². The maximum absolute atomic E-state index is 12.8. The van der Waals surface area contributed by atoms with Gasteiger partial charge in [0, 0.05) is 29.8 Å². The van der Waals surface area contributed by atoms with Gasteiger partial charge in [-0.25, -0.2) is 0 Å². The third-order valence-electron chi connectivity index (χ3n) is 4.05. The number of anilines is 2. The predicted octanol–water partition coefficient (Wildman–Crippen LogP) is 3.60. The van der Waals surface area contributed by atoms with E-state index in [1.165, 1.54) is 12.1 Å². The van der Waals surface area contributed by atoms with Crippen molar-refractivity contribution in [1.29, 1.82) is 0 Å². The number of aromatic nitrogens is 1. The first-order chi connectivity index (χ1) is 12.0. The van der Waals surface area contributed by atoms with E-state index in [9.17, 15) is 13.6 Å². The number of nitrogens with one attached hydrogen (secondary N) is 1. The van der Waals surface area contributed by atoms with E-state index in [1.807, 2.05) is 19.1 Å². The Morgan fingerprint density at radius 2 is 2.04 bits per heavy atom. The van der Waals surface area contributed by atoms with Crippen molar-refractivity contribution in [1.82, 2.24) is 4.98 Å². The number of nitrogens with zero attached hydrogens (tertiary/aromatic N) is 2. The van der Waals surface area contributed by atoms with Gasteiger partial charge in [0.15, 0.2) is 0 Å². The molecule has 1 amide bonds. The number of hydrogen-bond acceptors (Lipinski definition) is 4. The molecule has 1 unspecified atom stereocenters. The predicted molar refractivity (Wildman–Crippen MR) is 91.0 cm³/mol. The normalized spacial score (nSPS) is 17.7. The van der Waals surface area contributed by atoms with Crippen LogP contribution in [0.3, 0.4) is 0 Å². The van der Waals surface area contributed by atoms with Crippen molar-refractivity contribution in [3.8, 4) is 5.75 Å². The van der Waals surface area contributed by atoms with Crippen LogP contribution in [0.15, 0.2) is 42.6 Å². The molecule has 1 aromatic carbocycles. The number of rotatable bonds is 5.